The van der Waals surface area contributed by atoms with E-state index in [4.69, 9.17) is 0 Å². The van der Waals surface area contributed by atoms with E-state index in [9.17, 15) is 9.59 Å². The highest BCUT2D eigenvalue weighted by Crippen LogP contribution is 2.24. The SMILES string of the molecule is CNC(=O)CSc1nnc2n(-c3ccc(C)cc3C)c(=O)c3ccccc3n12. The Morgan fingerprint density at radius 1 is 1.14 bits per heavy atom. The standard InChI is InChI=1S/C20H19N5O2S/c1-12-8-9-15(13(2)10-12)24-18(27)14-6-4-5-7-16(14)25-19(24)22-23-20(25)28-11-17(26)21-3/h4-10H,11H2,1-3H3,(H,21,26). The van der Waals surface area contributed by atoms with Gasteiger partial charge in [-0.2, -0.15) is 0 Å². The predicted octanol–water partition coefficient (Wildman–Crippen LogP) is 2.49. The number of aromatic nitrogens is 4. The molecule has 1 amide bonds. The highest BCUT2D eigenvalue weighted by molar-refractivity contribution is 7.99. The van der Waals surface area contributed by atoms with Gasteiger partial charge >= 0.3 is 0 Å². The molecule has 4 rings (SSSR count). The minimum Gasteiger partial charge on any atom is -0.358 e. The zero-order valence-electron chi connectivity index (χ0n) is 15.8. The molecule has 0 aliphatic rings. The average Bonchev–Trinajstić information content (AvgIpc) is 3.11. The van der Waals surface area contributed by atoms with Gasteiger partial charge in [-0.3, -0.25) is 14.0 Å². The van der Waals surface area contributed by atoms with Crippen LogP contribution in [0.25, 0.3) is 22.4 Å². The largest absolute Gasteiger partial charge is 0.358 e. The lowest BCUT2D eigenvalue weighted by Gasteiger charge is -2.13. The number of rotatable bonds is 4. The molecule has 0 bridgehead atoms. The Hall–Kier alpha value is -3.13. The van der Waals surface area contributed by atoms with Crippen LogP contribution >= 0.6 is 11.8 Å². The van der Waals surface area contributed by atoms with Crippen LogP contribution in [0.4, 0.5) is 0 Å². The summed E-state index contributed by atoms with van der Waals surface area (Å²) < 4.78 is 3.43. The maximum atomic E-state index is 13.3. The van der Waals surface area contributed by atoms with Gasteiger partial charge in [0.15, 0.2) is 5.16 Å². The molecular weight excluding hydrogens is 374 g/mol. The van der Waals surface area contributed by atoms with Crippen molar-refractivity contribution in [2.24, 2.45) is 0 Å². The fourth-order valence-corrected chi connectivity index (χ4v) is 4.06. The number of carbonyl (C=O) groups is 1. The van der Waals surface area contributed by atoms with Crippen molar-refractivity contribution in [1.29, 1.82) is 0 Å². The van der Waals surface area contributed by atoms with E-state index in [1.807, 2.05) is 54.6 Å². The summed E-state index contributed by atoms with van der Waals surface area (Å²) in [7, 11) is 1.60. The Balaban J connectivity index is 2.05. The minimum absolute atomic E-state index is 0.103. The van der Waals surface area contributed by atoms with Crippen LogP contribution in [0.5, 0.6) is 0 Å². The van der Waals surface area contributed by atoms with Crippen molar-refractivity contribution in [1.82, 2.24) is 24.5 Å². The van der Waals surface area contributed by atoms with Crippen molar-refractivity contribution in [3.05, 3.63) is 63.9 Å². The zero-order valence-corrected chi connectivity index (χ0v) is 16.6. The van der Waals surface area contributed by atoms with Gasteiger partial charge in [-0.15, -0.1) is 10.2 Å². The monoisotopic (exact) mass is 393 g/mol. The van der Waals surface area contributed by atoms with Crippen LogP contribution in [0.2, 0.25) is 0 Å². The molecule has 0 aliphatic carbocycles. The fourth-order valence-electron chi connectivity index (χ4n) is 3.25. The number of hydrogen-bond acceptors (Lipinski definition) is 5. The Bertz CT molecular complexity index is 1280. The second kappa shape index (κ2) is 7.12. The van der Waals surface area contributed by atoms with Crippen molar-refractivity contribution in [3.63, 3.8) is 0 Å². The highest BCUT2D eigenvalue weighted by Gasteiger charge is 2.19. The van der Waals surface area contributed by atoms with E-state index < -0.39 is 0 Å². The minimum atomic E-state index is -0.148. The maximum absolute atomic E-state index is 13.3. The van der Waals surface area contributed by atoms with Gasteiger partial charge in [-0.05, 0) is 37.6 Å². The number of carbonyl (C=O) groups excluding carboxylic acids is 1. The molecule has 0 spiro atoms. The van der Waals surface area contributed by atoms with Crippen molar-refractivity contribution in [3.8, 4) is 5.69 Å². The summed E-state index contributed by atoms with van der Waals surface area (Å²) in [4.78, 5) is 25.0. The lowest BCUT2D eigenvalue weighted by atomic mass is 10.1. The lowest BCUT2D eigenvalue weighted by Crippen LogP contribution is -2.23. The normalized spacial score (nSPS) is 11.2. The Morgan fingerprint density at radius 3 is 2.68 bits per heavy atom. The summed E-state index contributed by atoms with van der Waals surface area (Å²) in [6.07, 6.45) is 0. The lowest BCUT2D eigenvalue weighted by molar-refractivity contribution is -0.118. The zero-order chi connectivity index (χ0) is 19.8. The van der Waals surface area contributed by atoms with Crippen LogP contribution in [-0.4, -0.2) is 37.9 Å². The molecule has 0 radical (unpaired) electrons. The summed E-state index contributed by atoms with van der Waals surface area (Å²) in [5.74, 6) is 0.540. The van der Waals surface area contributed by atoms with Crippen LogP contribution in [0, 0.1) is 13.8 Å². The van der Waals surface area contributed by atoms with E-state index in [1.165, 1.54) is 11.8 Å². The van der Waals surface area contributed by atoms with Crippen molar-refractivity contribution < 1.29 is 4.79 Å². The molecule has 2 aromatic carbocycles. The summed E-state index contributed by atoms with van der Waals surface area (Å²) in [6, 6.07) is 13.3. The van der Waals surface area contributed by atoms with Crippen molar-refractivity contribution in [2.75, 3.05) is 12.8 Å². The van der Waals surface area contributed by atoms with Gasteiger partial charge in [0.25, 0.3) is 5.56 Å². The van der Waals surface area contributed by atoms with Gasteiger partial charge in [0, 0.05) is 7.05 Å². The number of para-hydroxylation sites is 1. The van der Waals surface area contributed by atoms with E-state index in [-0.39, 0.29) is 17.2 Å². The number of amides is 1. The first kappa shape index (κ1) is 18.2. The summed E-state index contributed by atoms with van der Waals surface area (Å²) >= 11 is 1.28. The molecule has 1 N–H and O–H groups in total. The summed E-state index contributed by atoms with van der Waals surface area (Å²) in [5.41, 5.74) is 3.43. The van der Waals surface area contributed by atoms with Crippen LogP contribution in [0.3, 0.4) is 0 Å². The molecular formula is C20H19N5O2S. The molecule has 0 saturated carbocycles. The van der Waals surface area contributed by atoms with Crippen LogP contribution in [0.15, 0.2) is 52.4 Å². The molecule has 7 nitrogen and oxygen atoms in total. The number of fused-ring (bicyclic) bond motifs is 3. The Morgan fingerprint density at radius 2 is 1.93 bits per heavy atom. The number of nitrogens with one attached hydrogen (secondary N) is 1. The number of aryl methyl sites for hydroxylation is 2. The van der Waals surface area contributed by atoms with Crippen LogP contribution in [0.1, 0.15) is 11.1 Å². The number of hydrogen-bond donors (Lipinski definition) is 1. The van der Waals surface area contributed by atoms with E-state index >= 15 is 0 Å². The third kappa shape index (κ3) is 2.95. The number of nitrogens with zero attached hydrogens (tertiary/aromatic N) is 4. The molecule has 0 atom stereocenters. The second-order valence-corrected chi connectivity index (χ2v) is 7.47. The molecule has 0 aliphatic heterocycles. The Labute approximate surface area is 165 Å². The van der Waals surface area contributed by atoms with Gasteiger partial charge in [-0.1, -0.05) is 41.6 Å². The summed E-state index contributed by atoms with van der Waals surface area (Å²) in [6.45, 7) is 3.98. The van der Waals surface area contributed by atoms with Gasteiger partial charge in [-0.25, -0.2) is 4.57 Å². The van der Waals surface area contributed by atoms with E-state index in [0.717, 1.165) is 16.8 Å². The fraction of sp³-hybridized carbons (Fsp3) is 0.200. The van der Waals surface area contributed by atoms with Crippen molar-refractivity contribution in [2.45, 2.75) is 19.0 Å². The van der Waals surface area contributed by atoms with Gasteiger partial charge in [0.05, 0.1) is 22.3 Å². The van der Waals surface area contributed by atoms with Gasteiger partial charge in [0.2, 0.25) is 11.7 Å². The van der Waals surface area contributed by atoms with Crippen molar-refractivity contribution >= 4 is 34.3 Å². The maximum Gasteiger partial charge on any atom is 0.267 e. The predicted molar refractivity (Wildman–Crippen MR) is 110 cm³/mol. The van der Waals surface area contributed by atoms with Crippen LogP contribution in [-0.2, 0) is 4.79 Å². The topological polar surface area (TPSA) is 81.3 Å². The first-order chi connectivity index (χ1) is 13.5. The third-order valence-corrected chi connectivity index (χ3v) is 5.53. The van der Waals surface area contributed by atoms with Crippen LogP contribution < -0.4 is 10.9 Å². The first-order valence-electron chi connectivity index (χ1n) is 8.81. The molecule has 2 aromatic heterocycles. The van der Waals surface area contributed by atoms with Gasteiger partial charge < -0.3 is 5.32 Å². The molecule has 28 heavy (non-hydrogen) atoms. The Kier molecular flexibility index (Phi) is 4.64. The average molecular weight is 393 g/mol. The number of benzene rings is 2. The molecule has 0 fully saturated rings. The smallest absolute Gasteiger partial charge is 0.267 e. The first-order valence-corrected chi connectivity index (χ1v) is 9.79. The van der Waals surface area contributed by atoms with Gasteiger partial charge in [0.1, 0.15) is 0 Å². The highest BCUT2D eigenvalue weighted by atomic mass is 32.2. The molecule has 0 saturated heterocycles. The third-order valence-electron chi connectivity index (χ3n) is 4.60. The van der Waals surface area contributed by atoms with E-state index in [2.05, 4.69) is 15.5 Å². The molecule has 142 valence electrons. The molecule has 0 unspecified atom stereocenters. The van der Waals surface area contributed by atoms with E-state index in [0.29, 0.717) is 21.8 Å². The van der Waals surface area contributed by atoms with E-state index in [1.54, 1.807) is 17.7 Å². The second-order valence-electron chi connectivity index (χ2n) is 6.53. The molecule has 2 heterocycles. The molecule has 4 aromatic rings. The summed E-state index contributed by atoms with van der Waals surface area (Å²) in [5, 5.41) is 12.3. The molecule has 8 heteroatoms. The quantitative estimate of drug-likeness (QED) is 0.539. The number of thioether (sulfide) groups is 1.